The second kappa shape index (κ2) is 13.8. The third kappa shape index (κ3) is 7.75. The first kappa shape index (κ1) is 26.6. The number of benzene rings is 2. The van der Waals surface area contributed by atoms with Crippen LogP contribution in [0.15, 0.2) is 73.3 Å². The van der Waals surface area contributed by atoms with Gasteiger partial charge in [-0.05, 0) is 37.1 Å². The third-order valence-corrected chi connectivity index (χ3v) is 5.83. The maximum atomic E-state index is 12.8. The number of hydrogen-bond donors (Lipinski definition) is 1. The summed E-state index contributed by atoms with van der Waals surface area (Å²) in [5.74, 6) is -1.05. The molecule has 2 aromatic carbocycles. The Morgan fingerprint density at radius 3 is 2.26 bits per heavy atom. The predicted molar refractivity (Wildman–Crippen MR) is 131 cm³/mol. The number of aliphatic hydroxyl groups excluding tert-OH is 1. The van der Waals surface area contributed by atoms with E-state index in [1.54, 1.807) is 54.6 Å². The number of rotatable bonds is 13. The molecule has 1 fully saturated rings. The van der Waals surface area contributed by atoms with E-state index < -0.39 is 42.5 Å². The van der Waals surface area contributed by atoms with Crippen LogP contribution in [0.4, 0.5) is 0 Å². The summed E-state index contributed by atoms with van der Waals surface area (Å²) in [5.41, 5.74) is 0.791. The molecule has 5 atom stereocenters. The van der Waals surface area contributed by atoms with Gasteiger partial charge in [0.1, 0.15) is 24.9 Å². The average molecular weight is 483 g/mol. The van der Waals surface area contributed by atoms with Gasteiger partial charge in [-0.25, -0.2) is 9.59 Å². The van der Waals surface area contributed by atoms with Gasteiger partial charge in [0, 0.05) is 13.0 Å². The predicted octanol–water partition coefficient (Wildman–Crippen LogP) is 4.35. The highest BCUT2D eigenvalue weighted by atomic mass is 16.6. The quantitative estimate of drug-likeness (QED) is 0.258. The van der Waals surface area contributed by atoms with Crippen molar-refractivity contribution in [2.45, 2.75) is 63.1 Å². The lowest BCUT2D eigenvalue weighted by atomic mass is 10.0. The second-order valence-corrected chi connectivity index (χ2v) is 8.51. The van der Waals surface area contributed by atoms with E-state index in [0.717, 1.165) is 12.8 Å². The van der Waals surface area contributed by atoms with Crippen molar-refractivity contribution in [2.75, 3.05) is 13.2 Å². The Morgan fingerprint density at radius 1 is 1.03 bits per heavy atom. The Labute approximate surface area is 206 Å². The van der Waals surface area contributed by atoms with Gasteiger partial charge in [0.15, 0.2) is 0 Å². The van der Waals surface area contributed by atoms with Gasteiger partial charge >= 0.3 is 11.9 Å². The van der Waals surface area contributed by atoms with Crippen LogP contribution in [0.2, 0.25) is 0 Å². The summed E-state index contributed by atoms with van der Waals surface area (Å²) in [6.07, 6.45) is 0.908. The fourth-order valence-corrected chi connectivity index (χ4v) is 3.96. The fraction of sp³-hybridized carbons (Fsp3) is 0.429. The highest BCUT2D eigenvalue weighted by Crippen LogP contribution is 2.30. The zero-order valence-corrected chi connectivity index (χ0v) is 20.1. The molecular formula is C28H34O7. The van der Waals surface area contributed by atoms with Crippen molar-refractivity contribution in [3.63, 3.8) is 0 Å². The lowest BCUT2D eigenvalue weighted by molar-refractivity contribution is -0.0644. The average Bonchev–Trinajstić information content (AvgIpc) is 3.17. The highest BCUT2D eigenvalue weighted by Gasteiger charge is 2.45. The van der Waals surface area contributed by atoms with Gasteiger partial charge in [-0.15, -0.1) is 6.58 Å². The Bertz CT molecular complexity index is 931. The Kier molecular flexibility index (Phi) is 10.5. The van der Waals surface area contributed by atoms with E-state index in [9.17, 15) is 14.7 Å². The number of unbranched alkanes of at least 4 members (excludes halogenated alkanes) is 1. The molecule has 0 radical (unpaired) electrons. The Hall–Kier alpha value is -3.00. The topological polar surface area (TPSA) is 91.3 Å². The van der Waals surface area contributed by atoms with E-state index in [1.165, 1.54) is 0 Å². The monoisotopic (exact) mass is 482 g/mol. The van der Waals surface area contributed by atoms with Crippen LogP contribution in [-0.4, -0.2) is 60.8 Å². The van der Waals surface area contributed by atoms with Crippen molar-refractivity contribution in [1.82, 2.24) is 0 Å². The van der Waals surface area contributed by atoms with Gasteiger partial charge in [-0.3, -0.25) is 0 Å². The minimum atomic E-state index is -0.841. The number of carbonyl (C=O) groups excluding carboxylic acids is 2. The number of ether oxygens (including phenoxy) is 4. The van der Waals surface area contributed by atoms with E-state index in [4.69, 9.17) is 18.9 Å². The van der Waals surface area contributed by atoms with Crippen LogP contribution in [-0.2, 0) is 18.9 Å². The van der Waals surface area contributed by atoms with Crippen LogP contribution < -0.4 is 0 Å². The molecule has 4 unspecified atom stereocenters. The van der Waals surface area contributed by atoms with Crippen molar-refractivity contribution >= 4 is 11.9 Å². The van der Waals surface area contributed by atoms with Crippen LogP contribution in [0, 0.1) is 0 Å². The summed E-state index contributed by atoms with van der Waals surface area (Å²) < 4.78 is 23.3. The van der Waals surface area contributed by atoms with Crippen LogP contribution in [0.3, 0.4) is 0 Å². The van der Waals surface area contributed by atoms with E-state index in [1.807, 2.05) is 12.1 Å². The molecule has 0 amide bonds. The van der Waals surface area contributed by atoms with Gasteiger partial charge in [0.25, 0.3) is 0 Å². The van der Waals surface area contributed by atoms with E-state index >= 15 is 0 Å². The van der Waals surface area contributed by atoms with Crippen LogP contribution in [0.1, 0.15) is 53.3 Å². The number of aliphatic hydroxyl groups is 1. The molecule has 0 spiro atoms. The SMILES string of the molecule is C=CCC1OC(CC(COC(=O)c2ccccc2)OC(=O)c2ccccc2)C(OCCCC)[C@H]1O. The maximum Gasteiger partial charge on any atom is 0.338 e. The van der Waals surface area contributed by atoms with E-state index in [-0.39, 0.29) is 13.0 Å². The zero-order chi connectivity index (χ0) is 25.0. The molecule has 1 aliphatic heterocycles. The summed E-state index contributed by atoms with van der Waals surface area (Å²) in [6.45, 7) is 6.12. The molecule has 7 heteroatoms. The molecule has 3 rings (SSSR count). The van der Waals surface area contributed by atoms with E-state index in [2.05, 4.69) is 13.5 Å². The molecule has 1 saturated heterocycles. The number of esters is 2. The van der Waals surface area contributed by atoms with Crippen LogP contribution >= 0.6 is 0 Å². The highest BCUT2D eigenvalue weighted by molar-refractivity contribution is 5.90. The molecule has 1 aliphatic rings. The normalized spacial score (nSPS) is 22.3. The Balaban J connectivity index is 1.73. The van der Waals surface area contributed by atoms with Crippen LogP contribution in [0.5, 0.6) is 0 Å². The molecule has 1 N–H and O–H groups in total. The van der Waals surface area contributed by atoms with E-state index in [0.29, 0.717) is 24.2 Å². The lowest BCUT2D eigenvalue weighted by Crippen LogP contribution is -2.38. The first-order chi connectivity index (χ1) is 17.0. The fourth-order valence-electron chi connectivity index (χ4n) is 3.96. The molecule has 188 valence electrons. The largest absolute Gasteiger partial charge is 0.458 e. The van der Waals surface area contributed by atoms with Crippen molar-refractivity contribution < 1.29 is 33.6 Å². The molecule has 0 bridgehead atoms. The maximum absolute atomic E-state index is 12.8. The first-order valence-corrected chi connectivity index (χ1v) is 12.1. The summed E-state index contributed by atoms with van der Waals surface area (Å²) >= 11 is 0. The van der Waals surface area contributed by atoms with Crippen molar-refractivity contribution in [1.29, 1.82) is 0 Å². The molecule has 0 saturated carbocycles. The lowest BCUT2D eigenvalue weighted by Gasteiger charge is -2.25. The minimum absolute atomic E-state index is 0.157. The van der Waals surface area contributed by atoms with Gasteiger partial charge in [-0.2, -0.15) is 0 Å². The molecule has 0 aromatic heterocycles. The van der Waals surface area contributed by atoms with Crippen molar-refractivity contribution in [2.24, 2.45) is 0 Å². The Morgan fingerprint density at radius 2 is 1.66 bits per heavy atom. The minimum Gasteiger partial charge on any atom is -0.458 e. The van der Waals surface area contributed by atoms with Gasteiger partial charge < -0.3 is 24.1 Å². The zero-order valence-electron chi connectivity index (χ0n) is 20.1. The van der Waals surface area contributed by atoms with Gasteiger partial charge in [0.05, 0.1) is 23.3 Å². The second-order valence-electron chi connectivity index (χ2n) is 8.51. The molecular weight excluding hydrogens is 448 g/mol. The molecule has 2 aromatic rings. The van der Waals surface area contributed by atoms with Crippen molar-refractivity contribution in [3.8, 4) is 0 Å². The number of hydrogen-bond acceptors (Lipinski definition) is 7. The molecule has 7 nitrogen and oxygen atoms in total. The number of carbonyl (C=O) groups is 2. The standard InChI is InChI=1S/C28H34O7/c1-3-5-17-32-26-24(35-23(12-4-2)25(26)29)18-22(34-28(31)21-15-10-7-11-16-21)19-33-27(30)20-13-8-6-9-14-20/h4,6-11,13-16,22-26,29H,2-3,5,12,17-19H2,1H3/t22?,23?,24?,25-,26?/m0/s1. The summed E-state index contributed by atoms with van der Waals surface area (Å²) in [5, 5.41) is 10.8. The smallest absolute Gasteiger partial charge is 0.338 e. The molecule has 35 heavy (non-hydrogen) atoms. The third-order valence-electron chi connectivity index (χ3n) is 5.83. The molecule has 0 aliphatic carbocycles. The summed E-state index contributed by atoms with van der Waals surface area (Å²) in [4.78, 5) is 25.3. The van der Waals surface area contributed by atoms with Gasteiger partial charge in [0.2, 0.25) is 0 Å². The molecule has 1 heterocycles. The first-order valence-electron chi connectivity index (χ1n) is 12.1. The summed E-state index contributed by atoms with van der Waals surface area (Å²) in [6, 6.07) is 17.2. The summed E-state index contributed by atoms with van der Waals surface area (Å²) in [7, 11) is 0. The van der Waals surface area contributed by atoms with Crippen molar-refractivity contribution in [3.05, 3.63) is 84.4 Å². The van der Waals surface area contributed by atoms with Gasteiger partial charge in [-0.1, -0.05) is 55.8 Å². The van der Waals surface area contributed by atoms with Crippen LogP contribution in [0.25, 0.3) is 0 Å².